The van der Waals surface area contributed by atoms with Gasteiger partial charge in [0, 0.05) is 0 Å². The first-order valence-electron chi connectivity index (χ1n) is 4.14. The third-order valence-electron chi connectivity index (χ3n) is 1.77. The summed E-state index contributed by atoms with van der Waals surface area (Å²) in [6, 6.07) is 3.59. The minimum atomic E-state index is -1.43. The van der Waals surface area contributed by atoms with Crippen molar-refractivity contribution in [1.82, 2.24) is 0 Å². The Bertz CT molecular complexity index is 470. The molecule has 0 radical (unpaired) electrons. The van der Waals surface area contributed by atoms with Crippen LogP contribution in [0, 0.1) is 5.82 Å². The number of benzene rings is 1. The van der Waals surface area contributed by atoms with Crippen molar-refractivity contribution in [3.63, 3.8) is 0 Å². The van der Waals surface area contributed by atoms with E-state index in [2.05, 4.69) is 11.9 Å². The minimum Gasteiger partial charge on any atom is -0.478 e. The van der Waals surface area contributed by atoms with Gasteiger partial charge in [-0.05, 0) is 12.1 Å². The zero-order valence-electron chi connectivity index (χ0n) is 8.03. The van der Waals surface area contributed by atoms with Gasteiger partial charge in [0.1, 0.15) is 5.70 Å². The Hall–Kier alpha value is -2.37. The number of halogens is 1. The molecule has 0 heterocycles. The number of hydrogen-bond donors (Lipinski definition) is 3. The Morgan fingerprint density at radius 1 is 1.31 bits per heavy atom. The molecule has 0 aliphatic rings. The average molecular weight is 225 g/mol. The summed E-state index contributed by atoms with van der Waals surface area (Å²) in [5, 5.41) is 19.3. The molecule has 1 aromatic rings. The van der Waals surface area contributed by atoms with Gasteiger partial charge in [-0.25, -0.2) is 14.0 Å². The van der Waals surface area contributed by atoms with E-state index in [4.69, 9.17) is 10.2 Å². The fourth-order valence-electron chi connectivity index (χ4n) is 1.01. The van der Waals surface area contributed by atoms with Crippen LogP contribution in [0.3, 0.4) is 0 Å². The number of rotatable bonds is 4. The third-order valence-corrected chi connectivity index (χ3v) is 1.77. The Morgan fingerprint density at radius 2 is 1.94 bits per heavy atom. The molecule has 0 aromatic heterocycles. The van der Waals surface area contributed by atoms with Crippen molar-refractivity contribution in [2.75, 3.05) is 5.32 Å². The molecule has 0 saturated carbocycles. The van der Waals surface area contributed by atoms with Crippen LogP contribution >= 0.6 is 0 Å². The predicted molar refractivity (Wildman–Crippen MR) is 53.8 cm³/mol. The number of carboxylic acids is 2. The first-order valence-corrected chi connectivity index (χ1v) is 4.14. The van der Waals surface area contributed by atoms with E-state index in [0.717, 1.165) is 6.07 Å². The number of carboxylic acid groups (broad SMARTS) is 2. The van der Waals surface area contributed by atoms with Gasteiger partial charge in [0.15, 0.2) is 5.82 Å². The highest BCUT2D eigenvalue weighted by atomic mass is 19.1. The third kappa shape index (κ3) is 2.35. The molecule has 16 heavy (non-hydrogen) atoms. The van der Waals surface area contributed by atoms with Crippen LogP contribution in [-0.4, -0.2) is 22.2 Å². The van der Waals surface area contributed by atoms with E-state index in [1.54, 1.807) is 0 Å². The van der Waals surface area contributed by atoms with E-state index < -0.39 is 29.0 Å². The molecule has 0 bridgehead atoms. The van der Waals surface area contributed by atoms with E-state index in [1.165, 1.54) is 12.1 Å². The van der Waals surface area contributed by atoms with Crippen LogP contribution in [0.15, 0.2) is 30.5 Å². The van der Waals surface area contributed by atoms with Crippen molar-refractivity contribution in [1.29, 1.82) is 0 Å². The quantitative estimate of drug-likeness (QED) is 0.676. The molecule has 0 amide bonds. The van der Waals surface area contributed by atoms with E-state index >= 15 is 0 Å². The fraction of sp³-hybridized carbons (Fsp3) is 0. The average Bonchev–Trinajstić information content (AvgIpc) is 2.20. The Kier molecular flexibility index (Phi) is 3.24. The monoisotopic (exact) mass is 225 g/mol. The molecule has 0 aliphatic carbocycles. The second-order valence-corrected chi connectivity index (χ2v) is 2.88. The van der Waals surface area contributed by atoms with Gasteiger partial charge >= 0.3 is 11.9 Å². The highest BCUT2D eigenvalue weighted by molar-refractivity contribution is 5.92. The molecule has 0 saturated heterocycles. The van der Waals surface area contributed by atoms with Crippen LogP contribution in [0.5, 0.6) is 0 Å². The molecule has 5 nitrogen and oxygen atoms in total. The molecule has 1 rings (SSSR count). The lowest BCUT2D eigenvalue weighted by molar-refractivity contribution is -0.132. The maximum atomic E-state index is 13.5. The van der Waals surface area contributed by atoms with Gasteiger partial charge in [0.05, 0.1) is 11.3 Å². The highest BCUT2D eigenvalue weighted by Gasteiger charge is 2.15. The fourth-order valence-corrected chi connectivity index (χ4v) is 1.01. The van der Waals surface area contributed by atoms with Crippen LogP contribution in [0.25, 0.3) is 0 Å². The van der Waals surface area contributed by atoms with Crippen molar-refractivity contribution in [3.8, 4) is 0 Å². The zero-order chi connectivity index (χ0) is 12.3. The second kappa shape index (κ2) is 4.43. The second-order valence-electron chi connectivity index (χ2n) is 2.88. The summed E-state index contributed by atoms with van der Waals surface area (Å²) in [5.74, 6) is -3.81. The topological polar surface area (TPSA) is 86.6 Å². The number of anilines is 1. The van der Waals surface area contributed by atoms with E-state index in [0.29, 0.717) is 0 Å². The van der Waals surface area contributed by atoms with Crippen LogP contribution in [0.4, 0.5) is 10.1 Å². The van der Waals surface area contributed by atoms with Crippen molar-refractivity contribution in [2.24, 2.45) is 0 Å². The summed E-state index contributed by atoms with van der Waals surface area (Å²) in [4.78, 5) is 21.0. The summed E-state index contributed by atoms with van der Waals surface area (Å²) < 4.78 is 13.5. The number of aromatic carboxylic acids is 1. The number of carbonyl (C=O) groups is 2. The molecular weight excluding hydrogens is 217 g/mol. The largest absolute Gasteiger partial charge is 0.478 e. The Balaban J connectivity index is 3.07. The molecular formula is C10H8FNO4. The van der Waals surface area contributed by atoms with Crippen molar-refractivity contribution in [3.05, 3.63) is 41.9 Å². The molecule has 3 N–H and O–H groups in total. The number of hydrogen-bond acceptors (Lipinski definition) is 3. The summed E-state index contributed by atoms with van der Waals surface area (Å²) in [6.45, 7) is 3.14. The molecule has 0 fully saturated rings. The number of nitrogens with one attached hydrogen (secondary N) is 1. The molecule has 84 valence electrons. The maximum absolute atomic E-state index is 13.5. The molecule has 6 heteroatoms. The standard InChI is InChI=1S/C10H8FNO4/c1-5(9(13)14)12-7-4-2-3-6(8(7)11)10(15)16/h2-4,12H,1H2,(H,13,14)(H,15,16). The van der Waals surface area contributed by atoms with Crippen LogP contribution in [-0.2, 0) is 4.79 Å². The SMILES string of the molecule is C=C(Nc1cccc(C(=O)O)c1F)C(=O)O. The van der Waals surface area contributed by atoms with E-state index in [9.17, 15) is 14.0 Å². The van der Waals surface area contributed by atoms with E-state index in [1.807, 2.05) is 0 Å². The Morgan fingerprint density at radius 3 is 2.44 bits per heavy atom. The van der Waals surface area contributed by atoms with E-state index in [-0.39, 0.29) is 5.69 Å². The van der Waals surface area contributed by atoms with Gasteiger partial charge in [0.25, 0.3) is 0 Å². The molecule has 1 aromatic carbocycles. The van der Waals surface area contributed by atoms with Crippen molar-refractivity contribution >= 4 is 17.6 Å². The summed E-state index contributed by atoms with van der Waals surface area (Å²) in [5.41, 5.74) is -1.23. The maximum Gasteiger partial charge on any atom is 0.351 e. The Labute approximate surface area is 89.8 Å². The van der Waals surface area contributed by atoms with Crippen molar-refractivity contribution < 1.29 is 24.2 Å². The van der Waals surface area contributed by atoms with Gasteiger partial charge in [0.2, 0.25) is 0 Å². The van der Waals surface area contributed by atoms with Gasteiger partial charge < -0.3 is 15.5 Å². The number of aliphatic carboxylic acids is 1. The highest BCUT2D eigenvalue weighted by Crippen LogP contribution is 2.19. The lowest BCUT2D eigenvalue weighted by Gasteiger charge is -2.08. The van der Waals surface area contributed by atoms with Crippen LogP contribution < -0.4 is 5.32 Å². The van der Waals surface area contributed by atoms with Gasteiger partial charge in [-0.2, -0.15) is 0 Å². The minimum absolute atomic E-state index is 0.243. The lowest BCUT2D eigenvalue weighted by Crippen LogP contribution is -2.11. The van der Waals surface area contributed by atoms with Crippen LogP contribution in [0.2, 0.25) is 0 Å². The summed E-state index contributed by atoms with van der Waals surface area (Å²) >= 11 is 0. The molecule has 0 atom stereocenters. The lowest BCUT2D eigenvalue weighted by atomic mass is 10.2. The van der Waals surface area contributed by atoms with Gasteiger partial charge in [-0.3, -0.25) is 0 Å². The van der Waals surface area contributed by atoms with Crippen LogP contribution in [0.1, 0.15) is 10.4 Å². The molecule has 0 aliphatic heterocycles. The zero-order valence-corrected chi connectivity index (χ0v) is 8.03. The summed E-state index contributed by atoms with van der Waals surface area (Å²) in [7, 11) is 0. The first kappa shape index (κ1) is 11.7. The predicted octanol–water partition coefficient (Wildman–Crippen LogP) is 1.53. The smallest absolute Gasteiger partial charge is 0.351 e. The first-order chi connectivity index (χ1) is 7.43. The van der Waals surface area contributed by atoms with Gasteiger partial charge in [-0.15, -0.1) is 0 Å². The normalized spacial score (nSPS) is 9.56. The molecule has 0 spiro atoms. The van der Waals surface area contributed by atoms with Gasteiger partial charge in [-0.1, -0.05) is 12.6 Å². The summed E-state index contributed by atoms with van der Waals surface area (Å²) in [6.07, 6.45) is 0. The molecule has 0 unspecified atom stereocenters. The van der Waals surface area contributed by atoms with Crippen molar-refractivity contribution in [2.45, 2.75) is 0 Å².